The molecule has 1 aliphatic heterocycles. The van der Waals surface area contributed by atoms with Crippen molar-refractivity contribution in [3.05, 3.63) is 53.0 Å². The van der Waals surface area contributed by atoms with Gasteiger partial charge in [0.05, 0.1) is 15.2 Å². The van der Waals surface area contributed by atoms with E-state index in [1.807, 2.05) is 18.2 Å². The molecule has 0 bridgehead atoms. The van der Waals surface area contributed by atoms with Crippen LogP contribution in [0.25, 0.3) is 10.2 Å². The molecule has 0 aliphatic carbocycles. The second kappa shape index (κ2) is 8.91. The predicted octanol–water partition coefficient (Wildman–Crippen LogP) is 3.24. The molecule has 0 radical (unpaired) electrons. The first-order chi connectivity index (χ1) is 14.2. The molecule has 2 aromatic carbocycles. The molecule has 0 unspecified atom stereocenters. The standard InChI is InChI=1S/C21H21N3O4S/c25-19(7-3-4-8-20-22-15-5-1-2-6-18(15)29-20)23-24-21(26)14-9-10-16-17(13-14)28-12-11-27-16/h1-2,5-6,9-10,13H,3-4,7-8,11-12H2,(H,23,25)(H,24,26). The molecule has 3 aromatic rings. The van der Waals surface area contributed by atoms with Crippen LogP contribution in [0.2, 0.25) is 0 Å². The number of hydrazine groups is 1. The lowest BCUT2D eigenvalue weighted by Crippen LogP contribution is -2.41. The third-order valence-electron chi connectivity index (χ3n) is 4.50. The number of para-hydroxylation sites is 1. The maximum atomic E-state index is 12.2. The summed E-state index contributed by atoms with van der Waals surface area (Å²) < 4.78 is 12.1. The van der Waals surface area contributed by atoms with Gasteiger partial charge in [0.15, 0.2) is 11.5 Å². The van der Waals surface area contributed by atoms with Crippen LogP contribution >= 0.6 is 11.3 Å². The Labute approximate surface area is 172 Å². The smallest absolute Gasteiger partial charge is 0.269 e. The summed E-state index contributed by atoms with van der Waals surface area (Å²) in [5, 5.41) is 1.08. The number of aryl methyl sites for hydroxylation is 1. The van der Waals surface area contributed by atoms with Gasteiger partial charge in [0.25, 0.3) is 5.91 Å². The number of ether oxygens (including phenoxy) is 2. The first-order valence-corrected chi connectivity index (χ1v) is 10.3. The van der Waals surface area contributed by atoms with Crippen molar-refractivity contribution in [2.75, 3.05) is 13.2 Å². The number of hydrogen-bond acceptors (Lipinski definition) is 6. The highest BCUT2D eigenvalue weighted by Crippen LogP contribution is 2.30. The number of nitrogens with one attached hydrogen (secondary N) is 2. The minimum absolute atomic E-state index is 0.222. The third-order valence-corrected chi connectivity index (χ3v) is 5.60. The van der Waals surface area contributed by atoms with E-state index in [0.717, 1.165) is 29.8 Å². The first kappa shape index (κ1) is 19.2. The molecule has 1 aromatic heterocycles. The van der Waals surface area contributed by atoms with Crippen molar-refractivity contribution in [1.29, 1.82) is 0 Å². The molecule has 29 heavy (non-hydrogen) atoms. The summed E-state index contributed by atoms with van der Waals surface area (Å²) in [5.41, 5.74) is 6.31. The van der Waals surface area contributed by atoms with Crippen molar-refractivity contribution >= 4 is 33.4 Å². The molecule has 2 heterocycles. The van der Waals surface area contributed by atoms with Crippen LogP contribution in [-0.2, 0) is 11.2 Å². The Kier molecular flexibility index (Phi) is 5.90. The monoisotopic (exact) mass is 411 g/mol. The van der Waals surface area contributed by atoms with Crippen LogP contribution in [0.1, 0.15) is 34.6 Å². The van der Waals surface area contributed by atoms with Gasteiger partial charge in [0, 0.05) is 12.0 Å². The van der Waals surface area contributed by atoms with E-state index in [4.69, 9.17) is 9.47 Å². The second-order valence-electron chi connectivity index (χ2n) is 6.64. The number of thiazole rings is 1. The Bertz CT molecular complexity index is 1000. The van der Waals surface area contributed by atoms with Gasteiger partial charge in [-0.25, -0.2) is 4.98 Å². The molecule has 2 N–H and O–H groups in total. The van der Waals surface area contributed by atoms with Crippen molar-refractivity contribution in [3.63, 3.8) is 0 Å². The topological polar surface area (TPSA) is 89.6 Å². The number of hydrogen-bond donors (Lipinski definition) is 2. The van der Waals surface area contributed by atoms with Gasteiger partial charge in [-0.15, -0.1) is 11.3 Å². The van der Waals surface area contributed by atoms with Gasteiger partial charge in [-0.05, 0) is 49.6 Å². The number of rotatable bonds is 6. The van der Waals surface area contributed by atoms with Crippen LogP contribution in [0.4, 0.5) is 0 Å². The Morgan fingerprint density at radius 3 is 2.69 bits per heavy atom. The fourth-order valence-corrected chi connectivity index (χ4v) is 4.04. The minimum atomic E-state index is -0.398. The van der Waals surface area contributed by atoms with Gasteiger partial charge >= 0.3 is 0 Å². The molecule has 0 spiro atoms. The number of carbonyl (C=O) groups is 2. The summed E-state index contributed by atoms with van der Waals surface area (Å²) in [4.78, 5) is 28.8. The van der Waals surface area contributed by atoms with E-state index in [1.165, 1.54) is 4.70 Å². The quantitative estimate of drug-likeness (QED) is 0.480. The average molecular weight is 411 g/mol. The molecule has 0 saturated carbocycles. The summed E-state index contributed by atoms with van der Waals surface area (Å²) >= 11 is 1.69. The Hall–Kier alpha value is -3.13. The molecule has 0 fully saturated rings. The second-order valence-corrected chi connectivity index (χ2v) is 7.76. The number of carbonyl (C=O) groups excluding carboxylic acids is 2. The number of nitrogens with zero attached hydrogens (tertiary/aromatic N) is 1. The predicted molar refractivity (Wildman–Crippen MR) is 110 cm³/mol. The van der Waals surface area contributed by atoms with Gasteiger partial charge in [-0.2, -0.15) is 0 Å². The highest BCUT2D eigenvalue weighted by atomic mass is 32.1. The molecule has 0 saturated heterocycles. The lowest BCUT2D eigenvalue weighted by molar-refractivity contribution is -0.121. The number of aromatic nitrogens is 1. The zero-order chi connectivity index (χ0) is 20.1. The van der Waals surface area contributed by atoms with Gasteiger partial charge < -0.3 is 9.47 Å². The molecule has 7 nitrogen and oxygen atoms in total. The lowest BCUT2D eigenvalue weighted by atomic mass is 10.2. The largest absolute Gasteiger partial charge is 0.486 e. The van der Waals surface area contributed by atoms with E-state index in [-0.39, 0.29) is 5.91 Å². The van der Waals surface area contributed by atoms with E-state index < -0.39 is 5.91 Å². The first-order valence-electron chi connectivity index (χ1n) is 9.52. The highest BCUT2D eigenvalue weighted by Gasteiger charge is 2.15. The van der Waals surface area contributed by atoms with Gasteiger partial charge in [0.2, 0.25) is 5.91 Å². The molecular formula is C21H21N3O4S. The van der Waals surface area contributed by atoms with Crippen molar-refractivity contribution in [3.8, 4) is 11.5 Å². The van der Waals surface area contributed by atoms with Crippen molar-refractivity contribution in [2.24, 2.45) is 0 Å². The van der Waals surface area contributed by atoms with E-state index in [9.17, 15) is 9.59 Å². The van der Waals surface area contributed by atoms with E-state index in [0.29, 0.717) is 36.7 Å². The highest BCUT2D eigenvalue weighted by molar-refractivity contribution is 7.18. The van der Waals surface area contributed by atoms with Crippen LogP contribution in [0.15, 0.2) is 42.5 Å². The minimum Gasteiger partial charge on any atom is -0.486 e. The van der Waals surface area contributed by atoms with Crippen LogP contribution < -0.4 is 20.3 Å². The summed E-state index contributed by atoms with van der Waals surface area (Å²) in [7, 11) is 0. The maximum Gasteiger partial charge on any atom is 0.269 e. The molecule has 1 aliphatic rings. The third kappa shape index (κ3) is 4.83. The van der Waals surface area contributed by atoms with Gasteiger partial charge in [-0.3, -0.25) is 20.4 Å². The van der Waals surface area contributed by atoms with Crippen LogP contribution in [0.3, 0.4) is 0 Å². The molecular weight excluding hydrogens is 390 g/mol. The normalized spacial score (nSPS) is 12.6. The Morgan fingerprint density at radius 1 is 1.00 bits per heavy atom. The Morgan fingerprint density at radius 2 is 1.83 bits per heavy atom. The fraction of sp³-hybridized carbons (Fsp3) is 0.286. The summed E-state index contributed by atoms with van der Waals surface area (Å²) in [6, 6.07) is 13.0. The molecule has 8 heteroatoms. The van der Waals surface area contributed by atoms with Crippen LogP contribution in [0.5, 0.6) is 11.5 Å². The summed E-state index contributed by atoms with van der Waals surface area (Å²) in [6.07, 6.45) is 2.77. The molecule has 150 valence electrons. The van der Waals surface area contributed by atoms with Gasteiger partial charge in [0.1, 0.15) is 13.2 Å². The lowest BCUT2D eigenvalue weighted by Gasteiger charge is -2.18. The van der Waals surface area contributed by atoms with E-state index >= 15 is 0 Å². The SMILES string of the molecule is O=C(CCCCc1nc2ccccc2s1)NNC(=O)c1ccc2c(c1)OCCO2. The zero-order valence-corrected chi connectivity index (χ0v) is 16.6. The molecule has 4 rings (SSSR count). The van der Waals surface area contributed by atoms with Crippen molar-refractivity contribution in [1.82, 2.24) is 15.8 Å². The van der Waals surface area contributed by atoms with Crippen molar-refractivity contribution in [2.45, 2.75) is 25.7 Å². The van der Waals surface area contributed by atoms with Crippen LogP contribution in [0, 0.1) is 0 Å². The summed E-state index contributed by atoms with van der Waals surface area (Å²) in [6.45, 7) is 0.944. The van der Waals surface area contributed by atoms with E-state index in [1.54, 1.807) is 29.5 Å². The number of fused-ring (bicyclic) bond motifs is 2. The fourth-order valence-electron chi connectivity index (χ4n) is 3.03. The number of benzene rings is 2. The number of amides is 2. The molecule has 2 amide bonds. The van der Waals surface area contributed by atoms with Gasteiger partial charge in [-0.1, -0.05) is 12.1 Å². The summed E-state index contributed by atoms with van der Waals surface area (Å²) in [5.74, 6) is 0.528. The number of unbranched alkanes of at least 4 members (excludes halogenated alkanes) is 1. The maximum absolute atomic E-state index is 12.2. The van der Waals surface area contributed by atoms with Crippen LogP contribution in [-0.4, -0.2) is 30.0 Å². The Balaban J connectivity index is 1.18. The average Bonchev–Trinajstić information content (AvgIpc) is 3.17. The van der Waals surface area contributed by atoms with E-state index in [2.05, 4.69) is 21.9 Å². The van der Waals surface area contributed by atoms with Crippen molar-refractivity contribution < 1.29 is 19.1 Å². The molecule has 0 atom stereocenters. The zero-order valence-electron chi connectivity index (χ0n) is 15.8.